The summed E-state index contributed by atoms with van der Waals surface area (Å²) in [4.78, 5) is 41.8. The normalized spacial score (nSPS) is 17.6. The summed E-state index contributed by atoms with van der Waals surface area (Å²) in [6.07, 6.45) is 1.91. The number of anilines is 1. The van der Waals surface area contributed by atoms with E-state index in [2.05, 4.69) is 20.9 Å². The van der Waals surface area contributed by atoms with Gasteiger partial charge in [-0.15, -0.1) is 0 Å². The van der Waals surface area contributed by atoms with Crippen molar-refractivity contribution in [2.24, 2.45) is 5.92 Å². The molecule has 1 saturated heterocycles. The first kappa shape index (κ1) is 33.1. The van der Waals surface area contributed by atoms with E-state index in [1.807, 2.05) is 26.0 Å². The fraction of sp³-hybridized carbons (Fsp3) is 0.545. The highest BCUT2D eigenvalue weighted by atomic mass is 16.5. The third kappa shape index (κ3) is 7.44. The van der Waals surface area contributed by atoms with Crippen LogP contribution in [0.1, 0.15) is 50.8 Å². The molecule has 0 spiro atoms. The van der Waals surface area contributed by atoms with Gasteiger partial charge in [0.2, 0.25) is 23.0 Å². The monoisotopic (exact) mass is 610 g/mol. The molecule has 44 heavy (non-hydrogen) atoms. The molecule has 3 N–H and O–H groups in total. The summed E-state index contributed by atoms with van der Waals surface area (Å²) in [5, 5.41) is 9.36. The van der Waals surface area contributed by atoms with Gasteiger partial charge in [-0.2, -0.15) is 0 Å². The maximum Gasteiger partial charge on any atom is 0.242 e. The van der Waals surface area contributed by atoms with E-state index in [1.165, 1.54) is 6.92 Å². The molecule has 2 amide bonds. The highest BCUT2D eigenvalue weighted by Crippen LogP contribution is 2.50. The quantitative estimate of drug-likeness (QED) is 0.332. The summed E-state index contributed by atoms with van der Waals surface area (Å²) in [6, 6.07) is 6.02. The lowest BCUT2D eigenvalue weighted by atomic mass is 9.95. The lowest BCUT2D eigenvalue weighted by molar-refractivity contribution is -0.123. The fourth-order valence-electron chi connectivity index (χ4n) is 5.97. The maximum absolute atomic E-state index is 13.8. The molecule has 240 valence electrons. The van der Waals surface area contributed by atoms with Gasteiger partial charge in [-0.3, -0.25) is 19.3 Å². The molecule has 4 rings (SSSR count). The molecule has 2 aliphatic rings. The minimum atomic E-state index is -0.614. The van der Waals surface area contributed by atoms with Crippen molar-refractivity contribution in [1.29, 1.82) is 0 Å². The maximum atomic E-state index is 13.8. The Balaban J connectivity index is 1.74. The molecule has 0 saturated carbocycles. The van der Waals surface area contributed by atoms with Crippen LogP contribution in [0.25, 0.3) is 11.1 Å². The Hall–Kier alpha value is -3.83. The number of hydrogen-bond acceptors (Lipinski definition) is 9. The molecule has 11 nitrogen and oxygen atoms in total. The molecular formula is C33H46N4O7. The van der Waals surface area contributed by atoms with E-state index in [1.54, 1.807) is 33.5 Å². The number of nitrogens with one attached hydrogen (secondary N) is 3. The summed E-state index contributed by atoms with van der Waals surface area (Å²) >= 11 is 0. The highest BCUT2D eigenvalue weighted by molar-refractivity contribution is 5.86. The molecule has 1 fully saturated rings. The number of morpholine rings is 1. The molecule has 0 bridgehead atoms. The molecule has 2 aromatic carbocycles. The molecule has 0 radical (unpaired) electrons. The highest BCUT2D eigenvalue weighted by Gasteiger charge is 2.30. The first-order chi connectivity index (χ1) is 21.2. The van der Waals surface area contributed by atoms with Crippen molar-refractivity contribution < 1.29 is 28.5 Å². The molecule has 11 heteroatoms. The van der Waals surface area contributed by atoms with Gasteiger partial charge in [0, 0.05) is 38.7 Å². The van der Waals surface area contributed by atoms with Crippen molar-refractivity contribution in [3.63, 3.8) is 0 Å². The second-order valence-electron chi connectivity index (χ2n) is 11.3. The van der Waals surface area contributed by atoms with Gasteiger partial charge < -0.3 is 34.9 Å². The Labute approximate surface area is 259 Å². The smallest absolute Gasteiger partial charge is 0.242 e. The van der Waals surface area contributed by atoms with Crippen molar-refractivity contribution in [3.8, 4) is 28.4 Å². The van der Waals surface area contributed by atoms with Gasteiger partial charge in [0.15, 0.2) is 11.5 Å². The van der Waals surface area contributed by atoms with E-state index >= 15 is 0 Å². The minimum Gasteiger partial charge on any atom is -0.493 e. The zero-order chi connectivity index (χ0) is 31.8. The number of benzene rings is 1. The van der Waals surface area contributed by atoms with E-state index in [9.17, 15) is 14.4 Å². The van der Waals surface area contributed by atoms with Gasteiger partial charge in [0.05, 0.1) is 46.3 Å². The molecule has 1 heterocycles. The largest absolute Gasteiger partial charge is 0.493 e. The molecule has 0 aromatic heterocycles. The third-order valence-corrected chi connectivity index (χ3v) is 8.55. The van der Waals surface area contributed by atoms with E-state index in [-0.39, 0.29) is 23.2 Å². The molecule has 2 aromatic rings. The average Bonchev–Trinajstić information content (AvgIpc) is 3.26. The Morgan fingerprint density at radius 2 is 1.80 bits per heavy atom. The molecule has 1 aliphatic heterocycles. The van der Waals surface area contributed by atoms with Crippen LogP contribution >= 0.6 is 0 Å². The number of ether oxygens (including phenoxy) is 4. The molecular weight excluding hydrogens is 564 g/mol. The van der Waals surface area contributed by atoms with Gasteiger partial charge in [-0.05, 0) is 53.6 Å². The van der Waals surface area contributed by atoms with Crippen molar-refractivity contribution in [1.82, 2.24) is 15.5 Å². The van der Waals surface area contributed by atoms with Crippen LogP contribution in [0.15, 0.2) is 29.1 Å². The third-order valence-electron chi connectivity index (χ3n) is 8.55. The number of hydrogen-bond donors (Lipinski definition) is 3. The van der Waals surface area contributed by atoms with Gasteiger partial charge in [0.25, 0.3) is 0 Å². The summed E-state index contributed by atoms with van der Waals surface area (Å²) < 4.78 is 22.6. The van der Waals surface area contributed by atoms with Crippen molar-refractivity contribution >= 4 is 17.5 Å². The molecule has 3 unspecified atom stereocenters. The first-order valence-electron chi connectivity index (χ1n) is 15.3. The Kier molecular flexibility index (Phi) is 11.5. The number of aryl methyl sites for hydroxylation is 1. The number of nitrogens with zero attached hydrogens (tertiary/aromatic N) is 1. The lowest BCUT2D eigenvalue weighted by Crippen LogP contribution is -2.47. The van der Waals surface area contributed by atoms with E-state index in [4.69, 9.17) is 18.9 Å². The summed E-state index contributed by atoms with van der Waals surface area (Å²) in [5.74, 6) is 1.07. The topological polar surface area (TPSA) is 127 Å². The molecule has 3 atom stereocenters. The van der Waals surface area contributed by atoms with Crippen molar-refractivity contribution in [2.75, 3.05) is 66.0 Å². The zero-order valence-corrected chi connectivity index (χ0v) is 26.7. The number of carbonyl (C=O) groups excluding carboxylic acids is 2. The van der Waals surface area contributed by atoms with Gasteiger partial charge in [0.1, 0.15) is 6.04 Å². The number of carbonyl (C=O) groups is 2. The van der Waals surface area contributed by atoms with Crippen LogP contribution in [0.5, 0.6) is 17.2 Å². The van der Waals surface area contributed by atoms with Gasteiger partial charge in [-0.1, -0.05) is 26.3 Å². The number of fused-ring (bicyclic) bond motifs is 3. The first-order valence-corrected chi connectivity index (χ1v) is 15.3. The second-order valence-corrected chi connectivity index (χ2v) is 11.3. The van der Waals surface area contributed by atoms with Crippen LogP contribution < -0.4 is 35.6 Å². The lowest BCUT2D eigenvalue weighted by Gasteiger charge is -2.28. The van der Waals surface area contributed by atoms with E-state index in [0.29, 0.717) is 61.1 Å². The summed E-state index contributed by atoms with van der Waals surface area (Å²) in [7, 11) is 4.69. The van der Waals surface area contributed by atoms with Gasteiger partial charge in [-0.25, -0.2) is 0 Å². The Bertz CT molecular complexity index is 1390. The predicted molar refractivity (Wildman–Crippen MR) is 170 cm³/mol. The van der Waals surface area contributed by atoms with Crippen LogP contribution in [0.3, 0.4) is 0 Å². The molecule has 1 aliphatic carbocycles. The summed E-state index contributed by atoms with van der Waals surface area (Å²) in [5.41, 5.74) is 3.13. The van der Waals surface area contributed by atoms with Crippen molar-refractivity contribution in [3.05, 3.63) is 45.6 Å². The fourth-order valence-corrected chi connectivity index (χ4v) is 5.97. The second kappa shape index (κ2) is 15.3. The van der Waals surface area contributed by atoms with Crippen molar-refractivity contribution in [2.45, 2.75) is 52.1 Å². The minimum absolute atomic E-state index is 0.0363. The summed E-state index contributed by atoms with van der Waals surface area (Å²) in [6.45, 7) is 9.82. The SMILES string of the molecule is CCC(C)C(Nc1ccc2c(cc1=O)C(NC(C)=O)CCc1cc(OC)c(OC)c(OC)c1-2)C(=O)NCCN1CCOCC1. The Morgan fingerprint density at radius 3 is 2.43 bits per heavy atom. The number of methoxy groups -OCH3 is 3. The van der Waals surface area contributed by atoms with E-state index < -0.39 is 12.1 Å². The Morgan fingerprint density at radius 1 is 1.07 bits per heavy atom. The van der Waals surface area contributed by atoms with Crippen LogP contribution in [0, 0.1) is 5.92 Å². The average molecular weight is 611 g/mol. The number of amides is 2. The van der Waals surface area contributed by atoms with Crippen LogP contribution in [-0.4, -0.2) is 83.5 Å². The van der Waals surface area contributed by atoms with Crippen LogP contribution in [0.4, 0.5) is 5.69 Å². The zero-order valence-electron chi connectivity index (χ0n) is 26.7. The van der Waals surface area contributed by atoms with Crippen LogP contribution in [0.2, 0.25) is 0 Å². The van der Waals surface area contributed by atoms with Gasteiger partial charge >= 0.3 is 0 Å². The number of rotatable bonds is 12. The van der Waals surface area contributed by atoms with Crippen LogP contribution in [-0.2, 0) is 20.7 Å². The van der Waals surface area contributed by atoms with E-state index in [0.717, 1.165) is 42.7 Å². The predicted octanol–water partition coefficient (Wildman–Crippen LogP) is 3.14. The standard InChI is InChI=1S/C33H46N4O7/c1-7-20(2)30(33(40)34-12-13-37-14-16-44-17-15-37)36-26-11-9-23-24(19-27(26)39)25(35-21(3)38)10-8-22-18-28(41-4)31(42-5)32(43-6)29(22)23/h9,11,18-20,25,30H,7-8,10,12-17H2,1-6H3,(H,34,40)(H,35,38)(H,36,39).